The molecule has 6 heteroatoms. The number of aliphatic hydroxyl groups excluding tert-OH is 1. The normalized spacial score (nSPS) is 14.1. The van der Waals surface area contributed by atoms with Crippen LogP contribution in [0.15, 0.2) is 18.2 Å². The Labute approximate surface area is 81.9 Å². The number of hydrogen-bond acceptors (Lipinski definition) is 1. The van der Waals surface area contributed by atoms with E-state index in [1.54, 1.807) is 0 Å². The van der Waals surface area contributed by atoms with Crippen molar-refractivity contribution in [3.63, 3.8) is 0 Å². The van der Waals surface area contributed by atoms with Crippen LogP contribution in [-0.2, 0) is 0 Å². The fraction of sp³-hybridized carbons (Fsp3) is 0.250. The van der Waals surface area contributed by atoms with E-state index in [9.17, 15) is 17.6 Å². The van der Waals surface area contributed by atoms with Gasteiger partial charge >= 0.3 is 5.38 Å². The van der Waals surface area contributed by atoms with Gasteiger partial charge in [-0.05, 0) is 17.7 Å². The Balaban J connectivity index is 3.14. The summed E-state index contributed by atoms with van der Waals surface area (Å²) >= 11 is 4.47. The number of halogens is 5. The summed E-state index contributed by atoms with van der Waals surface area (Å²) in [7, 11) is 0. The molecule has 0 radical (unpaired) electrons. The molecule has 0 saturated carbocycles. The van der Waals surface area contributed by atoms with E-state index >= 15 is 0 Å². The molecular formula is C8H5ClF4O. The van der Waals surface area contributed by atoms with Crippen LogP contribution in [0.2, 0.25) is 0 Å². The Hall–Kier alpha value is -0.810. The molecule has 78 valence electrons. The maximum atomic E-state index is 12.9. The van der Waals surface area contributed by atoms with Crippen LogP contribution in [0, 0.1) is 11.6 Å². The minimum Gasteiger partial charge on any atom is -0.381 e. The predicted molar refractivity (Wildman–Crippen MR) is 42.1 cm³/mol. The fourth-order valence-electron chi connectivity index (χ4n) is 0.908. The molecule has 0 aliphatic heterocycles. The smallest absolute Gasteiger partial charge is 0.351 e. The van der Waals surface area contributed by atoms with Gasteiger partial charge in [-0.2, -0.15) is 8.78 Å². The first-order valence-electron chi connectivity index (χ1n) is 3.52. The first-order valence-corrected chi connectivity index (χ1v) is 3.90. The number of alkyl halides is 3. The van der Waals surface area contributed by atoms with Gasteiger partial charge in [0.15, 0.2) is 17.7 Å². The van der Waals surface area contributed by atoms with E-state index in [0.29, 0.717) is 0 Å². The zero-order chi connectivity index (χ0) is 10.9. The molecule has 14 heavy (non-hydrogen) atoms. The van der Waals surface area contributed by atoms with Crippen molar-refractivity contribution in [3.05, 3.63) is 35.4 Å². The lowest BCUT2D eigenvalue weighted by Crippen LogP contribution is -2.20. The number of aliphatic hydroxyl groups is 1. The minimum absolute atomic E-state index is 0.748. The molecule has 0 saturated heterocycles. The van der Waals surface area contributed by atoms with Crippen LogP contribution in [0.5, 0.6) is 0 Å². The van der Waals surface area contributed by atoms with Gasteiger partial charge < -0.3 is 5.11 Å². The summed E-state index contributed by atoms with van der Waals surface area (Å²) in [6.45, 7) is 0. The van der Waals surface area contributed by atoms with E-state index in [2.05, 4.69) is 11.6 Å². The molecule has 0 aromatic heterocycles. The highest BCUT2D eigenvalue weighted by Gasteiger charge is 2.38. The topological polar surface area (TPSA) is 20.2 Å². The molecular weight excluding hydrogens is 224 g/mol. The van der Waals surface area contributed by atoms with Gasteiger partial charge in [0, 0.05) is 5.56 Å². The van der Waals surface area contributed by atoms with Gasteiger partial charge in [0.25, 0.3) is 0 Å². The largest absolute Gasteiger partial charge is 0.381 e. The number of benzene rings is 1. The summed E-state index contributed by atoms with van der Waals surface area (Å²) in [5.74, 6) is -2.84. The summed E-state index contributed by atoms with van der Waals surface area (Å²) < 4.78 is 50.1. The third-order valence-electron chi connectivity index (χ3n) is 1.59. The van der Waals surface area contributed by atoms with E-state index in [1.807, 2.05) is 0 Å². The van der Waals surface area contributed by atoms with E-state index in [0.717, 1.165) is 18.2 Å². The average molecular weight is 229 g/mol. The van der Waals surface area contributed by atoms with Gasteiger partial charge in [-0.25, -0.2) is 8.78 Å². The lowest BCUT2D eigenvalue weighted by molar-refractivity contribution is -0.0443. The molecule has 1 rings (SSSR count). The monoisotopic (exact) mass is 228 g/mol. The number of rotatable bonds is 2. The van der Waals surface area contributed by atoms with Crippen molar-refractivity contribution in [2.24, 2.45) is 0 Å². The lowest BCUT2D eigenvalue weighted by Gasteiger charge is -2.16. The van der Waals surface area contributed by atoms with Gasteiger partial charge in [-0.15, -0.1) is 0 Å². The van der Waals surface area contributed by atoms with E-state index < -0.39 is 28.7 Å². The number of hydrogen-bond donors (Lipinski definition) is 1. The Kier molecular flexibility index (Phi) is 3.01. The third kappa shape index (κ3) is 2.16. The Morgan fingerprint density at radius 2 is 1.86 bits per heavy atom. The second-order valence-electron chi connectivity index (χ2n) is 2.59. The molecule has 1 N–H and O–H groups in total. The minimum atomic E-state index is -4.03. The highest BCUT2D eigenvalue weighted by molar-refractivity contribution is 6.22. The molecule has 1 unspecified atom stereocenters. The van der Waals surface area contributed by atoms with Crippen molar-refractivity contribution >= 4 is 11.6 Å². The van der Waals surface area contributed by atoms with Crippen molar-refractivity contribution in [2.75, 3.05) is 0 Å². The molecule has 0 spiro atoms. The van der Waals surface area contributed by atoms with Crippen LogP contribution in [0.3, 0.4) is 0 Å². The zero-order valence-electron chi connectivity index (χ0n) is 6.65. The molecule has 0 bridgehead atoms. The second kappa shape index (κ2) is 3.74. The average Bonchev–Trinajstić information content (AvgIpc) is 2.07. The summed E-state index contributed by atoms with van der Waals surface area (Å²) in [6, 6.07) is 2.58. The Bertz CT molecular complexity index is 337. The van der Waals surface area contributed by atoms with E-state index in [-0.39, 0.29) is 0 Å². The first-order chi connectivity index (χ1) is 6.34. The molecule has 1 aromatic carbocycles. The Morgan fingerprint density at radius 1 is 1.29 bits per heavy atom. The van der Waals surface area contributed by atoms with Crippen LogP contribution in [0.4, 0.5) is 17.6 Å². The predicted octanol–water partition coefficient (Wildman–Crippen LogP) is 2.83. The second-order valence-corrected chi connectivity index (χ2v) is 3.09. The fourth-order valence-corrected chi connectivity index (χ4v) is 1.03. The highest BCUT2D eigenvalue weighted by Crippen LogP contribution is 2.36. The lowest BCUT2D eigenvalue weighted by atomic mass is 10.1. The quantitative estimate of drug-likeness (QED) is 0.610. The molecule has 0 fully saturated rings. The van der Waals surface area contributed by atoms with Gasteiger partial charge in [-0.1, -0.05) is 12.1 Å². The van der Waals surface area contributed by atoms with Crippen LogP contribution in [-0.4, -0.2) is 10.5 Å². The van der Waals surface area contributed by atoms with Gasteiger partial charge in [0.1, 0.15) is 0 Å². The molecule has 0 aliphatic carbocycles. The maximum absolute atomic E-state index is 12.9. The van der Waals surface area contributed by atoms with Crippen molar-refractivity contribution in [3.8, 4) is 0 Å². The summed E-state index contributed by atoms with van der Waals surface area (Å²) in [6.07, 6.45) is -2.57. The Morgan fingerprint density at radius 3 is 2.36 bits per heavy atom. The summed E-state index contributed by atoms with van der Waals surface area (Å²) in [4.78, 5) is 0. The van der Waals surface area contributed by atoms with Crippen LogP contribution in [0.1, 0.15) is 11.7 Å². The van der Waals surface area contributed by atoms with E-state index in [4.69, 9.17) is 5.11 Å². The zero-order valence-corrected chi connectivity index (χ0v) is 7.40. The van der Waals surface area contributed by atoms with Crippen molar-refractivity contribution < 1.29 is 22.7 Å². The van der Waals surface area contributed by atoms with Crippen LogP contribution < -0.4 is 0 Å². The molecule has 0 heterocycles. The van der Waals surface area contributed by atoms with Crippen LogP contribution in [0.25, 0.3) is 0 Å². The highest BCUT2D eigenvalue weighted by atomic mass is 35.5. The molecule has 1 aromatic rings. The maximum Gasteiger partial charge on any atom is 0.351 e. The van der Waals surface area contributed by atoms with Gasteiger partial charge in [-0.3, -0.25) is 0 Å². The molecule has 1 nitrogen and oxygen atoms in total. The molecule has 1 atom stereocenters. The van der Waals surface area contributed by atoms with Crippen molar-refractivity contribution in [1.82, 2.24) is 0 Å². The SMILES string of the molecule is OC(c1cccc(F)c1F)C(F)(F)Cl. The summed E-state index contributed by atoms with van der Waals surface area (Å²) in [5.41, 5.74) is -0.870. The molecule has 0 amide bonds. The van der Waals surface area contributed by atoms with Crippen LogP contribution >= 0.6 is 11.6 Å². The van der Waals surface area contributed by atoms with E-state index in [1.165, 1.54) is 0 Å². The van der Waals surface area contributed by atoms with Gasteiger partial charge in [0.2, 0.25) is 0 Å². The summed E-state index contributed by atoms with van der Waals surface area (Å²) in [5, 5.41) is 4.84. The van der Waals surface area contributed by atoms with Gasteiger partial charge in [0.05, 0.1) is 0 Å². The third-order valence-corrected chi connectivity index (χ3v) is 1.79. The van der Waals surface area contributed by atoms with Crippen molar-refractivity contribution in [1.29, 1.82) is 0 Å². The first kappa shape index (κ1) is 11.3. The van der Waals surface area contributed by atoms with Crippen molar-refractivity contribution in [2.45, 2.75) is 11.5 Å². The molecule has 0 aliphatic rings. The standard InChI is InChI=1S/C8H5ClF4O/c9-8(12,13)7(14)4-2-1-3-5(10)6(4)11/h1-3,7,14H.